The van der Waals surface area contributed by atoms with Crippen LogP contribution in [0.3, 0.4) is 0 Å². The molecule has 2 aromatic rings. The monoisotopic (exact) mass is 363 g/mol. The van der Waals surface area contributed by atoms with Crippen molar-refractivity contribution < 1.29 is 9.53 Å². The van der Waals surface area contributed by atoms with Gasteiger partial charge in [0, 0.05) is 41.9 Å². The van der Waals surface area contributed by atoms with Gasteiger partial charge in [-0.3, -0.25) is 4.79 Å². The maximum absolute atomic E-state index is 12.3. The van der Waals surface area contributed by atoms with Gasteiger partial charge in [-0.2, -0.15) is 0 Å². The summed E-state index contributed by atoms with van der Waals surface area (Å²) in [7, 11) is 0. The summed E-state index contributed by atoms with van der Waals surface area (Å²) in [5, 5.41) is 6.19. The molecule has 0 aromatic heterocycles. The number of hydrogen-bond donors (Lipinski definition) is 2. The molecule has 27 heavy (non-hydrogen) atoms. The molecule has 2 unspecified atom stereocenters. The van der Waals surface area contributed by atoms with E-state index in [0.717, 1.165) is 35.6 Å². The average molecular weight is 363 g/mol. The summed E-state index contributed by atoms with van der Waals surface area (Å²) < 4.78 is 5.81. The van der Waals surface area contributed by atoms with E-state index in [1.807, 2.05) is 37.3 Å². The molecule has 0 saturated carbocycles. The van der Waals surface area contributed by atoms with E-state index in [-0.39, 0.29) is 18.1 Å². The standard InChI is InChI=1S/C22H25N3O2/c1-14-5-4-6-20-21(14)19(22(26)24-20)11-23-17-7-9-18(10-8-17)25-12-15(2)27-16(3)13-25/h4-11,15-16,23H,12-13H2,1-3H3,(H,24,26). The maximum atomic E-state index is 12.3. The van der Waals surface area contributed by atoms with Gasteiger partial charge in [-0.1, -0.05) is 12.1 Å². The van der Waals surface area contributed by atoms with Crippen LogP contribution in [0.25, 0.3) is 5.57 Å². The second-order valence-corrected chi connectivity index (χ2v) is 7.36. The zero-order valence-corrected chi connectivity index (χ0v) is 16.0. The lowest BCUT2D eigenvalue weighted by atomic mass is 10.0. The Morgan fingerprint density at radius 1 is 1.11 bits per heavy atom. The second-order valence-electron chi connectivity index (χ2n) is 7.36. The summed E-state index contributed by atoms with van der Waals surface area (Å²) in [5.41, 5.74) is 5.75. The number of morpholine rings is 1. The van der Waals surface area contributed by atoms with Crippen LogP contribution < -0.4 is 15.5 Å². The number of anilines is 3. The van der Waals surface area contributed by atoms with E-state index in [1.54, 1.807) is 6.20 Å². The zero-order chi connectivity index (χ0) is 19.0. The van der Waals surface area contributed by atoms with Gasteiger partial charge in [0.15, 0.2) is 0 Å². The number of nitrogens with zero attached hydrogens (tertiary/aromatic N) is 1. The van der Waals surface area contributed by atoms with Gasteiger partial charge in [0.25, 0.3) is 5.91 Å². The topological polar surface area (TPSA) is 53.6 Å². The van der Waals surface area contributed by atoms with Gasteiger partial charge < -0.3 is 20.3 Å². The van der Waals surface area contributed by atoms with Crippen molar-refractivity contribution in [2.24, 2.45) is 0 Å². The Balaban J connectivity index is 1.50. The van der Waals surface area contributed by atoms with Crippen LogP contribution in [0.15, 0.2) is 48.7 Å². The van der Waals surface area contributed by atoms with Crippen LogP contribution in [-0.4, -0.2) is 31.2 Å². The number of aryl methyl sites for hydroxylation is 1. The number of carbonyl (C=O) groups excluding carboxylic acids is 1. The molecule has 1 saturated heterocycles. The van der Waals surface area contributed by atoms with E-state index in [9.17, 15) is 4.79 Å². The Kier molecular flexibility index (Phi) is 4.62. The fourth-order valence-corrected chi connectivity index (χ4v) is 3.88. The van der Waals surface area contributed by atoms with Crippen LogP contribution in [0.2, 0.25) is 0 Å². The van der Waals surface area contributed by atoms with Crippen LogP contribution in [0.1, 0.15) is 25.0 Å². The number of nitrogens with one attached hydrogen (secondary N) is 2. The molecule has 140 valence electrons. The van der Waals surface area contributed by atoms with Gasteiger partial charge >= 0.3 is 0 Å². The second kappa shape index (κ2) is 7.08. The minimum Gasteiger partial charge on any atom is -0.372 e. The number of carbonyl (C=O) groups is 1. The number of ether oxygens (including phenoxy) is 1. The molecule has 2 N–H and O–H groups in total. The molecule has 0 spiro atoms. The van der Waals surface area contributed by atoms with Crippen molar-refractivity contribution in [2.45, 2.75) is 33.0 Å². The lowest BCUT2D eigenvalue weighted by molar-refractivity contribution is -0.110. The summed E-state index contributed by atoms with van der Waals surface area (Å²) in [6.07, 6.45) is 2.27. The molecular weight excluding hydrogens is 338 g/mol. The Hall–Kier alpha value is -2.79. The number of rotatable bonds is 3. The third-order valence-electron chi connectivity index (χ3n) is 5.07. The molecule has 5 heteroatoms. The van der Waals surface area contributed by atoms with Crippen LogP contribution in [0.4, 0.5) is 17.1 Å². The van der Waals surface area contributed by atoms with E-state index >= 15 is 0 Å². The van der Waals surface area contributed by atoms with Gasteiger partial charge in [-0.05, 0) is 56.7 Å². The first kappa shape index (κ1) is 17.6. The van der Waals surface area contributed by atoms with Crippen molar-refractivity contribution in [1.82, 2.24) is 0 Å². The molecule has 0 bridgehead atoms. The van der Waals surface area contributed by atoms with E-state index in [2.05, 4.69) is 41.5 Å². The molecular formula is C22H25N3O2. The van der Waals surface area contributed by atoms with Crippen molar-refractivity contribution in [3.8, 4) is 0 Å². The first-order chi connectivity index (χ1) is 13.0. The predicted octanol–water partition coefficient (Wildman–Crippen LogP) is 4.01. The Bertz CT molecular complexity index is 879. The normalized spacial score (nSPS) is 23.3. The molecule has 4 rings (SSSR count). The molecule has 1 amide bonds. The van der Waals surface area contributed by atoms with Gasteiger partial charge in [-0.25, -0.2) is 0 Å². The molecule has 2 aliphatic rings. The fraction of sp³-hybridized carbons (Fsp3) is 0.318. The highest BCUT2D eigenvalue weighted by atomic mass is 16.5. The lowest BCUT2D eigenvalue weighted by Crippen LogP contribution is -2.45. The highest BCUT2D eigenvalue weighted by Crippen LogP contribution is 2.34. The van der Waals surface area contributed by atoms with Gasteiger partial charge in [0.05, 0.1) is 17.8 Å². The van der Waals surface area contributed by atoms with Gasteiger partial charge in [0.1, 0.15) is 0 Å². The van der Waals surface area contributed by atoms with Crippen molar-refractivity contribution in [3.05, 3.63) is 59.8 Å². The predicted molar refractivity (Wildman–Crippen MR) is 110 cm³/mol. The van der Waals surface area contributed by atoms with Gasteiger partial charge in [0.2, 0.25) is 0 Å². The van der Waals surface area contributed by atoms with Gasteiger partial charge in [-0.15, -0.1) is 0 Å². The van der Waals surface area contributed by atoms with E-state index in [0.29, 0.717) is 5.57 Å². The number of hydrogen-bond acceptors (Lipinski definition) is 4. The lowest BCUT2D eigenvalue weighted by Gasteiger charge is -2.36. The Morgan fingerprint density at radius 3 is 2.52 bits per heavy atom. The number of benzene rings is 2. The van der Waals surface area contributed by atoms with E-state index in [1.165, 1.54) is 5.69 Å². The summed E-state index contributed by atoms with van der Waals surface area (Å²) in [5.74, 6) is -0.0697. The first-order valence-corrected chi connectivity index (χ1v) is 9.40. The van der Waals surface area contributed by atoms with E-state index in [4.69, 9.17) is 4.74 Å². The van der Waals surface area contributed by atoms with Crippen molar-refractivity contribution in [2.75, 3.05) is 28.6 Å². The molecule has 2 aromatic carbocycles. The van der Waals surface area contributed by atoms with Crippen molar-refractivity contribution >= 4 is 28.5 Å². The molecule has 2 aliphatic heterocycles. The Morgan fingerprint density at radius 2 is 1.81 bits per heavy atom. The summed E-state index contributed by atoms with van der Waals surface area (Å²) in [6.45, 7) is 8.04. The Labute approximate surface area is 160 Å². The number of amides is 1. The highest BCUT2D eigenvalue weighted by molar-refractivity contribution is 6.32. The SMILES string of the molecule is Cc1cccc2c1C(=CNc1ccc(N3CC(C)OC(C)C3)cc1)C(=O)N2. The smallest absolute Gasteiger partial charge is 0.257 e. The van der Waals surface area contributed by atoms with Crippen LogP contribution in [0, 0.1) is 6.92 Å². The highest BCUT2D eigenvalue weighted by Gasteiger charge is 2.25. The third-order valence-corrected chi connectivity index (χ3v) is 5.07. The number of fused-ring (bicyclic) bond motifs is 1. The average Bonchev–Trinajstić information content (AvgIpc) is 2.96. The first-order valence-electron chi connectivity index (χ1n) is 9.40. The minimum atomic E-state index is -0.0697. The largest absolute Gasteiger partial charge is 0.372 e. The maximum Gasteiger partial charge on any atom is 0.257 e. The minimum absolute atomic E-state index is 0.0697. The molecule has 5 nitrogen and oxygen atoms in total. The van der Waals surface area contributed by atoms with Crippen LogP contribution in [0.5, 0.6) is 0 Å². The summed E-state index contributed by atoms with van der Waals surface area (Å²) in [4.78, 5) is 14.6. The summed E-state index contributed by atoms with van der Waals surface area (Å²) >= 11 is 0. The zero-order valence-electron chi connectivity index (χ0n) is 16.0. The molecule has 0 aliphatic carbocycles. The van der Waals surface area contributed by atoms with E-state index < -0.39 is 0 Å². The molecule has 2 heterocycles. The fourth-order valence-electron chi connectivity index (χ4n) is 3.88. The molecule has 0 radical (unpaired) electrons. The molecule has 2 atom stereocenters. The quantitative estimate of drug-likeness (QED) is 0.809. The van der Waals surface area contributed by atoms with Crippen molar-refractivity contribution in [3.63, 3.8) is 0 Å². The van der Waals surface area contributed by atoms with Crippen LogP contribution in [-0.2, 0) is 9.53 Å². The van der Waals surface area contributed by atoms with Crippen LogP contribution >= 0.6 is 0 Å². The van der Waals surface area contributed by atoms with Crippen molar-refractivity contribution in [1.29, 1.82) is 0 Å². The molecule has 1 fully saturated rings. The summed E-state index contributed by atoms with van der Waals surface area (Å²) in [6, 6.07) is 14.2. The third kappa shape index (κ3) is 3.55.